The van der Waals surface area contributed by atoms with Crippen molar-refractivity contribution < 1.29 is 9.53 Å². The van der Waals surface area contributed by atoms with Crippen LogP contribution >= 0.6 is 0 Å². The third-order valence-electron chi connectivity index (χ3n) is 4.04. The fourth-order valence-corrected chi connectivity index (χ4v) is 2.95. The second-order valence-corrected chi connectivity index (χ2v) is 5.48. The second-order valence-electron chi connectivity index (χ2n) is 5.48. The minimum Gasteiger partial charge on any atom is -0.378 e. The highest BCUT2D eigenvalue weighted by atomic mass is 16.5. The van der Waals surface area contributed by atoms with E-state index in [0.717, 1.165) is 29.8 Å². The molecule has 20 heavy (non-hydrogen) atoms. The summed E-state index contributed by atoms with van der Waals surface area (Å²) in [7, 11) is 0. The van der Waals surface area contributed by atoms with E-state index in [4.69, 9.17) is 4.74 Å². The molecule has 1 fully saturated rings. The highest BCUT2D eigenvalue weighted by molar-refractivity contribution is 5.84. The topological polar surface area (TPSA) is 44.1 Å². The van der Waals surface area contributed by atoms with Crippen LogP contribution in [-0.2, 0) is 22.5 Å². The third kappa shape index (κ3) is 2.36. The van der Waals surface area contributed by atoms with Crippen LogP contribution in [0.1, 0.15) is 26.1 Å². The fourth-order valence-electron chi connectivity index (χ4n) is 2.95. The summed E-state index contributed by atoms with van der Waals surface area (Å²) >= 11 is 0. The summed E-state index contributed by atoms with van der Waals surface area (Å²) < 4.78 is 7.62. The first-order chi connectivity index (χ1) is 9.69. The lowest BCUT2D eigenvalue weighted by Gasteiger charge is -2.08. The van der Waals surface area contributed by atoms with Gasteiger partial charge in [-0.1, -0.05) is 12.1 Å². The van der Waals surface area contributed by atoms with Crippen molar-refractivity contribution in [2.24, 2.45) is 5.92 Å². The molecule has 1 aliphatic heterocycles. The predicted molar refractivity (Wildman–Crippen MR) is 77.6 cm³/mol. The number of nitrogens with zero attached hydrogens (tertiary/aromatic N) is 2. The average molecular weight is 272 g/mol. The molecule has 1 aliphatic rings. The molecular formula is C16H20N2O2. The molecule has 4 nitrogen and oxygen atoms in total. The summed E-state index contributed by atoms with van der Waals surface area (Å²) in [4.78, 5) is 17.0. The van der Waals surface area contributed by atoms with Crippen LogP contribution in [0.3, 0.4) is 0 Å². The minimum atomic E-state index is 0.0371. The lowest BCUT2D eigenvalue weighted by molar-refractivity contribution is -0.122. The number of carbonyl (C=O) groups is 1. The van der Waals surface area contributed by atoms with Crippen molar-refractivity contribution >= 4 is 16.8 Å². The number of ketones is 1. The maximum Gasteiger partial charge on any atom is 0.145 e. The summed E-state index contributed by atoms with van der Waals surface area (Å²) in [6, 6.07) is 8.04. The molecule has 2 atom stereocenters. The van der Waals surface area contributed by atoms with Crippen LogP contribution in [0.5, 0.6) is 0 Å². The predicted octanol–water partition coefficient (Wildman–Crippen LogP) is 2.59. The van der Waals surface area contributed by atoms with Crippen LogP contribution in [0.2, 0.25) is 0 Å². The van der Waals surface area contributed by atoms with Crippen molar-refractivity contribution in [3.8, 4) is 0 Å². The molecule has 2 unspecified atom stereocenters. The summed E-state index contributed by atoms with van der Waals surface area (Å²) in [5.41, 5.74) is 2.07. The van der Waals surface area contributed by atoms with E-state index >= 15 is 0 Å². The van der Waals surface area contributed by atoms with Crippen LogP contribution < -0.4 is 0 Å². The number of para-hydroxylation sites is 2. The van der Waals surface area contributed by atoms with Crippen LogP contribution in [0.25, 0.3) is 11.0 Å². The maximum atomic E-state index is 12.4. The van der Waals surface area contributed by atoms with Gasteiger partial charge in [0.05, 0.1) is 30.2 Å². The van der Waals surface area contributed by atoms with Crippen molar-refractivity contribution in [2.75, 3.05) is 6.61 Å². The number of hydrogen-bond donors (Lipinski definition) is 0. The smallest absolute Gasteiger partial charge is 0.145 e. The minimum absolute atomic E-state index is 0.0371. The molecule has 1 aromatic heterocycles. The lowest BCUT2D eigenvalue weighted by Crippen LogP contribution is -2.19. The van der Waals surface area contributed by atoms with Gasteiger partial charge in [-0.05, 0) is 32.4 Å². The van der Waals surface area contributed by atoms with Crippen LogP contribution in [0, 0.1) is 5.92 Å². The van der Waals surface area contributed by atoms with Gasteiger partial charge in [0, 0.05) is 12.5 Å². The third-order valence-corrected chi connectivity index (χ3v) is 4.04. The number of benzene rings is 1. The van der Waals surface area contributed by atoms with Gasteiger partial charge in [-0.3, -0.25) is 4.79 Å². The molecule has 1 aromatic carbocycles. The molecule has 1 saturated heterocycles. The van der Waals surface area contributed by atoms with Gasteiger partial charge in [-0.2, -0.15) is 0 Å². The first-order valence-electron chi connectivity index (χ1n) is 7.27. The molecular weight excluding hydrogens is 252 g/mol. The van der Waals surface area contributed by atoms with Gasteiger partial charge >= 0.3 is 0 Å². The van der Waals surface area contributed by atoms with E-state index in [1.54, 1.807) is 0 Å². The van der Waals surface area contributed by atoms with Gasteiger partial charge in [-0.25, -0.2) is 4.98 Å². The number of Topliss-reactive ketones (excluding diaryl/α,β-unsaturated/α-hetero) is 1. The van der Waals surface area contributed by atoms with Gasteiger partial charge in [0.2, 0.25) is 0 Å². The molecule has 0 spiro atoms. The van der Waals surface area contributed by atoms with Gasteiger partial charge in [0.25, 0.3) is 0 Å². The Balaban J connectivity index is 1.85. The van der Waals surface area contributed by atoms with Gasteiger partial charge < -0.3 is 9.30 Å². The molecule has 106 valence electrons. The Morgan fingerprint density at radius 1 is 1.45 bits per heavy atom. The molecule has 0 amide bonds. The Morgan fingerprint density at radius 3 is 2.95 bits per heavy atom. The number of aromatic nitrogens is 2. The van der Waals surface area contributed by atoms with Crippen LogP contribution in [-0.4, -0.2) is 28.0 Å². The van der Waals surface area contributed by atoms with E-state index in [9.17, 15) is 4.79 Å². The zero-order chi connectivity index (χ0) is 14.1. The second kappa shape index (κ2) is 5.37. The molecule has 4 heteroatoms. The number of hydrogen-bond acceptors (Lipinski definition) is 3. The Morgan fingerprint density at radius 2 is 2.25 bits per heavy atom. The van der Waals surface area contributed by atoms with Crippen molar-refractivity contribution in [1.82, 2.24) is 9.55 Å². The molecule has 2 aromatic rings. The summed E-state index contributed by atoms with van der Waals surface area (Å²) in [6.45, 7) is 5.50. The average Bonchev–Trinajstić information content (AvgIpc) is 3.01. The molecule has 0 saturated carbocycles. The van der Waals surface area contributed by atoms with Crippen molar-refractivity contribution in [2.45, 2.75) is 39.3 Å². The monoisotopic (exact) mass is 272 g/mol. The zero-order valence-corrected chi connectivity index (χ0v) is 12.0. The van der Waals surface area contributed by atoms with E-state index in [1.165, 1.54) is 0 Å². The summed E-state index contributed by atoms with van der Waals surface area (Å²) in [6.07, 6.45) is 1.45. The van der Waals surface area contributed by atoms with E-state index in [-0.39, 0.29) is 17.8 Å². The van der Waals surface area contributed by atoms with E-state index in [2.05, 4.69) is 22.5 Å². The summed E-state index contributed by atoms with van der Waals surface area (Å²) in [5, 5.41) is 0. The number of imidazole rings is 1. The number of aryl methyl sites for hydroxylation is 1. The van der Waals surface area contributed by atoms with Crippen molar-refractivity contribution in [3.63, 3.8) is 0 Å². The van der Waals surface area contributed by atoms with E-state index < -0.39 is 0 Å². The van der Waals surface area contributed by atoms with Gasteiger partial charge in [0.1, 0.15) is 11.6 Å². The SMILES string of the molecule is CCn1c(CC(=O)C2COC(C)C2)nc2ccccc21. The highest BCUT2D eigenvalue weighted by Crippen LogP contribution is 2.23. The number of carbonyl (C=O) groups excluding carboxylic acids is 1. The first-order valence-corrected chi connectivity index (χ1v) is 7.27. The van der Waals surface area contributed by atoms with E-state index in [0.29, 0.717) is 13.0 Å². The molecule has 0 N–H and O–H groups in total. The van der Waals surface area contributed by atoms with Crippen LogP contribution in [0.15, 0.2) is 24.3 Å². The quantitative estimate of drug-likeness (QED) is 0.859. The Bertz CT molecular complexity index is 632. The lowest BCUT2D eigenvalue weighted by atomic mass is 9.98. The highest BCUT2D eigenvalue weighted by Gasteiger charge is 2.29. The Kier molecular flexibility index (Phi) is 3.57. The number of ether oxygens (including phenoxy) is 1. The standard InChI is InChI=1S/C16H20N2O2/c1-3-18-14-7-5-4-6-13(14)17-16(18)9-15(19)12-8-11(2)20-10-12/h4-7,11-12H,3,8-10H2,1-2H3. The fraction of sp³-hybridized carbons (Fsp3) is 0.500. The largest absolute Gasteiger partial charge is 0.378 e. The molecule has 0 bridgehead atoms. The molecule has 2 heterocycles. The zero-order valence-electron chi connectivity index (χ0n) is 12.0. The Labute approximate surface area is 118 Å². The summed E-state index contributed by atoms with van der Waals surface area (Å²) in [5.74, 6) is 1.16. The first kappa shape index (κ1) is 13.3. The van der Waals surface area contributed by atoms with Crippen molar-refractivity contribution in [1.29, 1.82) is 0 Å². The molecule has 0 radical (unpaired) electrons. The Hall–Kier alpha value is -1.68. The number of fused-ring (bicyclic) bond motifs is 1. The maximum absolute atomic E-state index is 12.4. The van der Waals surface area contributed by atoms with E-state index in [1.807, 2.05) is 25.1 Å². The number of rotatable bonds is 4. The van der Waals surface area contributed by atoms with Crippen LogP contribution in [0.4, 0.5) is 0 Å². The molecule has 0 aliphatic carbocycles. The normalized spacial score (nSPS) is 22.5. The van der Waals surface area contributed by atoms with Gasteiger partial charge in [-0.15, -0.1) is 0 Å². The van der Waals surface area contributed by atoms with Crippen molar-refractivity contribution in [3.05, 3.63) is 30.1 Å². The molecule has 3 rings (SSSR count). The van der Waals surface area contributed by atoms with Gasteiger partial charge in [0.15, 0.2) is 0 Å².